The second-order valence-corrected chi connectivity index (χ2v) is 9.25. The highest BCUT2D eigenvalue weighted by molar-refractivity contribution is 7.98. The van der Waals surface area contributed by atoms with Crippen LogP contribution in [0.1, 0.15) is 18.4 Å². The molecule has 2 aromatic carbocycles. The van der Waals surface area contributed by atoms with Crippen LogP contribution in [0.15, 0.2) is 63.1 Å². The summed E-state index contributed by atoms with van der Waals surface area (Å²) >= 11 is 1.24. The van der Waals surface area contributed by atoms with Crippen LogP contribution < -0.4 is 0 Å². The van der Waals surface area contributed by atoms with Crippen LogP contribution in [-0.4, -0.2) is 36.0 Å². The Balaban J connectivity index is 1.46. The van der Waals surface area contributed by atoms with Gasteiger partial charge in [-0.05, 0) is 48.7 Å². The number of benzene rings is 2. The maximum atomic E-state index is 13.7. The number of thioether (sulfide) groups is 1. The van der Waals surface area contributed by atoms with Gasteiger partial charge in [0.05, 0.1) is 4.90 Å². The summed E-state index contributed by atoms with van der Waals surface area (Å²) in [6, 6.07) is 13.0. The lowest BCUT2D eigenvalue weighted by Crippen LogP contribution is -2.27. The summed E-state index contributed by atoms with van der Waals surface area (Å²) < 4.78 is 45.9. The van der Waals surface area contributed by atoms with Gasteiger partial charge in [-0.25, -0.2) is 12.8 Å². The molecule has 0 aliphatic carbocycles. The molecule has 0 radical (unpaired) electrons. The SMILES string of the molecule is O=S(=O)(c1ccc(-c2nnc(SCc3ccccc3F)o2)cc1)N1CCCC1. The maximum absolute atomic E-state index is 13.7. The van der Waals surface area contributed by atoms with Crippen molar-refractivity contribution in [2.24, 2.45) is 0 Å². The van der Waals surface area contributed by atoms with Crippen molar-refractivity contribution in [2.45, 2.75) is 28.7 Å². The van der Waals surface area contributed by atoms with Gasteiger partial charge >= 0.3 is 0 Å². The average molecular weight is 420 g/mol. The van der Waals surface area contributed by atoms with Crippen molar-refractivity contribution in [3.05, 3.63) is 59.9 Å². The van der Waals surface area contributed by atoms with Crippen LogP contribution in [-0.2, 0) is 15.8 Å². The van der Waals surface area contributed by atoms with Crippen molar-refractivity contribution >= 4 is 21.8 Å². The van der Waals surface area contributed by atoms with Crippen LogP contribution in [0.2, 0.25) is 0 Å². The fourth-order valence-corrected chi connectivity index (χ4v) is 5.25. The van der Waals surface area contributed by atoms with E-state index >= 15 is 0 Å². The molecule has 1 fully saturated rings. The van der Waals surface area contributed by atoms with E-state index in [9.17, 15) is 12.8 Å². The molecule has 9 heteroatoms. The summed E-state index contributed by atoms with van der Waals surface area (Å²) in [7, 11) is -3.45. The first kappa shape index (κ1) is 19.1. The topological polar surface area (TPSA) is 76.3 Å². The van der Waals surface area contributed by atoms with E-state index in [0.717, 1.165) is 12.8 Å². The smallest absolute Gasteiger partial charge is 0.277 e. The number of hydrogen-bond donors (Lipinski definition) is 0. The quantitative estimate of drug-likeness (QED) is 0.563. The van der Waals surface area contributed by atoms with Gasteiger partial charge in [-0.2, -0.15) is 4.31 Å². The number of aromatic nitrogens is 2. The number of nitrogens with zero attached hydrogens (tertiary/aromatic N) is 3. The van der Waals surface area contributed by atoms with E-state index in [1.807, 2.05) is 0 Å². The van der Waals surface area contributed by atoms with Crippen LogP contribution in [0, 0.1) is 5.82 Å². The minimum atomic E-state index is -3.45. The van der Waals surface area contributed by atoms with Crippen LogP contribution in [0.25, 0.3) is 11.5 Å². The molecule has 0 spiro atoms. The largest absolute Gasteiger partial charge is 0.411 e. The van der Waals surface area contributed by atoms with Gasteiger partial charge in [-0.1, -0.05) is 30.0 Å². The molecule has 0 N–H and O–H groups in total. The van der Waals surface area contributed by atoms with Crippen molar-refractivity contribution in [3.8, 4) is 11.5 Å². The fraction of sp³-hybridized carbons (Fsp3) is 0.263. The summed E-state index contributed by atoms with van der Waals surface area (Å²) in [6.07, 6.45) is 1.79. The van der Waals surface area contributed by atoms with Gasteiger partial charge in [0.2, 0.25) is 15.9 Å². The molecule has 28 heavy (non-hydrogen) atoms. The summed E-state index contributed by atoms with van der Waals surface area (Å²) in [5.74, 6) is 0.395. The Morgan fingerprint density at radius 2 is 1.75 bits per heavy atom. The lowest BCUT2D eigenvalue weighted by atomic mass is 10.2. The molecule has 0 amide bonds. The lowest BCUT2D eigenvalue weighted by Gasteiger charge is -2.15. The standard InChI is InChI=1S/C19H18FN3O3S2/c20-17-6-2-1-5-15(17)13-27-19-22-21-18(26-19)14-7-9-16(10-8-14)28(24,25)23-11-3-4-12-23/h1-2,5-10H,3-4,11-13H2. The summed E-state index contributed by atoms with van der Waals surface area (Å²) in [5.41, 5.74) is 1.19. The van der Waals surface area contributed by atoms with E-state index in [2.05, 4.69) is 10.2 Å². The average Bonchev–Trinajstić information content (AvgIpc) is 3.40. The Hall–Kier alpha value is -2.23. The zero-order valence-corrected chi connectivity index (χ0v) is 16.5. The van der Waals surface area contributed by atoms with Crippen molar-refractivity contribution in [2.75, 3.05) is 13.1 Å². The highest BCUT2D eigenvalue weighted by Gasteiger charge is 2.27. The highest BCUT2D eigenvalue weighted by Crippen LogP contribution is 2.28. The van der Waals surface area contributed by atoms with Gasteiger partial charge in [-0.3, -0.25) is 0 Å². The third-order valence-electron chi connectivity index (χ3n) is 4.52. The normalized spacial score (nSPS) is 15.2. The van der Waals surface area contributed by atoms with E-state index < -0.39 is 10.0 Å². The Morgan fingerprint density at radius 3 is 2.46 bits per heavy atom. The second kappa shape index (κ2) is 8.02. The van der Waals surface area contributed by atoms with E-state index in [1.165, 1.54) is 22.1 Å². The van der Waals surface area contributed by atoms with Crippen LogP contribution >= 0.6 is 11.8 Å². The molecule has 146 valence electrons. The third kappa shape index (κ3) is 3.96. The molecule has 1 aliphatic rings. The first-order valence-electron chi connectivity index (χ1n) is 8.84. The summed E-state index contributed by atoms with van der Waals surface area (Å²) in [4.78, 5) is 0.256. The molecule has 6 nitrogen and oxygen atoms in total. The molecule has 1 saturated heterocycles. The highest BCUT2D eigenvalue weighted by atomic mass is 32.2. The maximum Gasteiger partial charge on any atom is 0.277 e. The third-order valence-corrected chi connectivity index (χ3v) is 7.30. The first-order valence-corrected chi connectivity index (χ1v) is 11.3. The molecule has 0 saturated carbocycles. The predicted octanol–water partition coefficient (Wildman–Crippen LogP) is 3.95. The van der Waals surface area contributed by atoms with Crippen LogP contribution in [0.3, 0.4) is 0 Å². The van der Waals surface area contributed by atoms with Gasteiger partial charge in [0, 0.05) is 24.4 Å². The zero-order valence-electron chi connectivity index (χ0n) is 14.9. The second-order valence-electron chi connectivity index (χ2n) is 6.39. The van der Waals surface area contributed by atoms with Gasteiger partial charge in [0.15, 0.2) is 0 Å². The molecule has 0 atom stereocenters. The molecular weight excluding hydrogens is 401 g/mol. The Kier molecular flexibility index (Phi) is 5.47. The minimum Gasteiger partial charge on any atom is -0.411 e. The fourth-order valence-electron chi connectivity index (χ4n) is 2.99. The molecule has 0 unspecified atom stereocenters. The monoisotopic (exact) mass is 419 g/mol. The zero-order chi connectivity index (χ0) is 19.6. The van der Waals surface area contributed by atoms with E-state index in [4.69, 9.17) is 4.42 Å². The van der Waals surface area contributed by atoms with Crippen molar-refractivity contribution < 1.29 is 17.2 Å². The summed E-state index contributed by atoms with van der Waals surface area (Å²) in [6.45, 7) is 1.13. The molecule has 3 aromatic rings. The first-order chi connectivity index (χ1) is 13.5. The van der Waals surface area contributed by atoms with E-state index in [-0.39, 0.29) is 10.7 Å². The number of sulfonamides is 1. The molecule has 1 aromatic heterocycles. The van der Waals surface area contributed by atoms with E-state index in [0.29, 0.717) is 41.1 Å². The summed E-state index contributed by atoms with van der Waals surface area (Å²) in [5, 5.41) is 8.29. The molecule has 0 bridgehead atoms. The van der Waals surface area contributed by atoms with Gasteiger partial charge in [0.25, 0.3) is 5.22 Å². The van der Waals surface area contributed by atoms with Crippen molar-refractivity contribution in [1.82, 2.24) is 14.5 Å². The van der Waals surface area contributed by atoms with E-state index in [1.54, 1.807) is 42.5 Å². The van der Waals surface area contributed by atoms with Crippen molar-refractivity contribution in [3.63, 3.8) is 0 Å². The predicted molar refractivity (Wildman–Crippen MR) is 104 cm³/mol. The number of hydrogen-bond acceptors (Lipinski definition) is 6. The molecule has 2 heterocycles. The molecule has 4 rings (SSSR count). The molecular formula is C19H18FN3O3S2. The van der Waals surface area contributed by atoms with Gasteiger partial charge < -0.3 is 4.42 Å². The Bertz CT molecular complexity index is 1060. The van der Waals surface area contributed by atoms with Crippen molar-refractivity contribution in [1.29, 1.82) is 0 Å². The Labute approximate surface area is 166 Å². The molecule has 1 aliphatic heterocycles. The Morgan fingerprint density at radius 1 is 1.04 bits per heavy atom. The number of halogens is 1. The van der Waals surface area contributed by atoms with Crippen LogP contribution in [0.5, 0.6) is 0 Å². The number of rotatable bonds is 6. The van der Waals surface area contributed by atoms with Gasteiger partial charge in [0.1, 0.15) is 5.82 Å². The minimum absolute atomic E-state index is 0.256. The van der Waals surface area contributed by atoms with Gasteiger partial charge in [-0.15, -0.1) is 10.2 Å². The lowest BCUT2D eigenvalue weighted by molar-refractivity contribution is 0.465. The van der Waals surface area contributed by atoms with Crippen LogP contribution in [0.4, 0.5) is 4.39 Å².